The van der Waals surface area contributed by atoms with E-state index in [4.69, 9.17) is 0 Å². The van der Waals surface area contributed by atoms with Crippen LogP contribution in [-0.2, 0) is 0 Å². The van der Waals surface area contributed by atoms with E-state index in [1.165, 1.54) is 6.42 Å². The summed E-state index contributed by atoms with van der Waals surface area (Å²) in [5.41, 5.74) is 0.847. The van der Waals surface area contributed by atoms with Crippen molar-refractivity contribution in [2.75, 3.05) is 0 Å². The van der Waals surface area contributed by atoms with Crippen molar-refractivity contribution < 1.29 is 0 Å². The van der Waals surface area contributed by atoms with Crippen molar-refractivity contribution in [2.24, 2.45) is 10.8 Å². The predicted octanol–water partition coefficient (Wildman–Crippen LogP) is 5.30. The topological polar surface area (TPSA) is 0 Å². The molecule has 0 heterocycles. The molecule has 0 aromatic rings. The van der Waals surface area contributed by atoms with Gasteiger partial charge in [-0.25, -0.2) is 0 Å². The molecule has 0 fully saturated rings. The fourth-order valence-electron chi connectivity index (χ4n) is 0. The smallest absolute Gasteiger partial charge is 0.0206 e. The van der Waals surface area contributed by atoms with Gasteiger partial charge in [0.05, 0.1) is 0 Å². The van der Waals surface area contributed by atoms with Crippen molar-refractivity contribution in [1.82, 2.24) is 0 Å². The van der Waals surface area contributed by atoms with E-state index in [0.717, 1.165) is 0 Å². The maximum absolute atomic E-state index is 3.63. The van der Waals surface area contributed by atoms with Gasteiger partial charge in [0.25, 0.3) is 0 Å². The fraction of sp³-hybridized carbons (Fsp3) is 0.846. The van der Waals surface area contributed by atoms with E-state index < -0.39 is 0 Å². The lowest BCUT2D eigenvalue weighted by Crippen LogP contribution is -2.00. The van der Waals surface area contributed by atoms with Gasteiger partial charge in [-0.3, -0.25) is 0 Å². The van der Waals surface area contributed by atoms with Crippen LogP contribution in [0, 0.1) is 10.8 Å². The molecule has 0 aliphatic carbocycles. The number of rotatable bonds is 0. The van der Waals surface area contributed by atoms with Crippen LogP contribution >= 0.6 is 0 Å². The summed E-state index contributed by atoms with van der Waals surface area (Å²) >= 11 is 0. The quantitative estimate of drug-likeness (QED) is 0.450. The standard InChI is InChI=1S/C6H14.C6H12.CH4/c2*1-5-6(2,3)4;/h5H2,1-4H3;5H,1H2,2-4H3;1H4. The van der Waals surface area contributed by atoms with Gasteiger partial charge >= 0.3 is 0 Å². The molecule has 0 N–H and O–H groups in total. The lowest BCUT2D eigenvalue weighted by atomic mass is 9.94. The summed E-state index contributed by atoms with van der Waals surface area (Å²) < 4.78 is 0. The highest BCUT2D eigenvalue weighted by atomic mass is 14.1. The van der Waals surface area contributed by atoms with Gasteiger partial charge in [-0.15, -0.1) is 6.58 Å². The van der Waals surface area contributed by atoms with Crippen LogP contribution in [0.25, 0.3) is 0 Å². The van der Waals surface area contributed by atoms with E-state index >= 15 is 0 Å². The Morgan fingerprint density at radius 1 is 1.00 bits per heavy atom. The summed E-state index contributed by atoms with van der Waals surface area (Å²) in [5, 5.41) is 0. The fourth-order valence-corrected chi connectivity index (χ4v) is 0. The van der Waals surface area contributed by atoms with Gasteiger partial charge in [0.1, 0.15) is 0 Å². The molecule has 0 unspecified atom stereocenters. The first-order chi connectivity index (χ1) is 5.12. The Morgan fingerprint density at radius 3 is 1.15 bits per heavy atom. The first-order valence-electron chi connectivity index (χ1n) is 4.76. The van der Waals surface area contributed by atoms with Gasteiger partial charge in [0.15, 0.2) is 0 Å². The predicted molar refractivity (Wildman–Crippen MR) is 66.1 cm³/mol. The average molecular weight is 186 g/mol. The first-order valence-corrected chi connectivity index (χ1v) is 4.76. The molecule has 13 heavy (non-hydrogen) atoms. The number of allylic oxidation sites excluding steroid dienone is 1. The molecule has 0 nitrogen and oxygen atoms in total. The highest BCUT2D eigenvalue weighted by Crippen LogP contribution is 2.16. The molecule has 0 atom stereocenters. The van der Waals surface area contributed by atoms with Crippen molar-refractivity contribution in [3.05, 3.63) is 12.7 Å². The Hall–Kier alpha value is -0.260. The van der Waals surface area contributed by atoms with Gasteiger partial charge in [0.2, 0.25) is 0 Å². The van der Waals surface area contributed by atoms with Gasteiger partial charge in [0, 0.05) is 0 Å². The van der Waals surface area contributed by atoms with Crippen LogP contribution in [0.3, 0.4) is 0 Å². The molecule has 82 valence electrons. The van der Waals surface area contributed by atoms with E-state index in [1.807, 2.05) is 6.08 Å². The Balaban J connectivity index is -0.000000143. The second-order valence-corrected chi connectivity index (χ2v) is 5.48. The van der Waals surface area contributed by atoms with Crippen LogP contribution in [0.2, 0.25) is 0 Å². The highest BCUT2D eigenvalue weighted by molar-refractivity contribution is 4.82. The number of hydrogen-bond acceptors (Lipinski definition) is 0. The third kappa shape index (κ3) is 33.8. The summed E-state index contributed by atoms with van der Waals surface area (Å²) in [5.74, 6) is 0. The van der Waals surface area contributed by atoms with Crippen LogP contribution in [0.15, 0.2) is 12.7 Å². The second-order valence-electron chi connectivity index (χ2n) is 5.48. The summed E-state index contributed by atoms with van der Waals surface area (Å²) in [6, 6.07) is 0. The van der Waals surface area contributed by atoms with Gasteiger partial charge in [-0.2, -0.15) is 0 Å². The van der Waals surface area contributed by atoms with Crippen LogP contribution in [0.5, 0.6) is 0 Å². The molecule has 0 heteroatoms. The normalized spacial score (nSPS) is 10.7. The van der Waals surface area contributed by atoms with Crippen molar-refractivity contribution in [3.8, 4) is 0 Å². The molecule has 0 bridgehead atoms. The Labute approximate surface area is 86.4 Å². The van der Waals surface area contributed by atoms with Crippen LogP contribution in [0.1, 0.15) is 62.3 Å². The molecule has 0 saturated heterocycles. The maximum Gasteiger partial charge on any atom is -0.0206 e. The van der Waals surface area contributed by atoms with Gasteiger partial charge in [-0.1, -0.05) is 68.4 Å². The lowest BCUT2D eigenvalue weighted by molar-refractivity contribution is 0.398. The van der Waals surface area contributed by atoms with Crippen molar-refractivity contribution in [2.45, 2.75) is 62.3 Å². The molecular weight excluding hydrogens is 156 g/mol. The zero-order valence-corrected chi connectivity index (χ0v) is 9.99. The summed E-state index contributed by atoms with van der Waals surface area (Å²) in [6.07, 6.45) is 3.21. The lowest BCUT2D eigenvalue weighted by Gasteiger charge is -2.12. The molecule has 0 saturated carbocycles. The molecule has 0 radical (unpaired) electrons. The molecule has 0 aliphatic rings. The number of hydrogen-bond donors (Lipinski definition) is 0. The Morgan fingerprint density at radius 2 is 1.15 bits per heavy atom. The van der Waals surface area contributed by atoms with Crippen LogP contribution in [0.4, 0.5) is 0 Å². The SMILES string of the molecule is C.C=CC(C)(C)C.CCC(C)(C)C. The van der Waals surface area contributed by atoms with Gasteiger partial charge < -0.3 is 0 Å². The van der Waals surface area contributed by atoms with E-state index in [-0.39, 0.29) is 7.43 Å². The summed E-state index contributed by atoms with van der Waals surface area (Å²) in [4.78, 5) is 0. The zero-order chi connectivity index (χ0) is 10.4. The highest BCUT2D eigenvalue weighted by Gasteiger charge is 2.03. The molecule has 0 amide bonds. The summed E-state index contributed by atoms with van der Waals surface area (Å²) in [6.45, 7) is 18.9. The van der Waals surface area contributed by atoms with E-state index in [2.05, 4.69) is 55.0 Å². The monoisotopic (exact) mass is 186 g/mol. The zero-order valence-electron chi connectivity index (χ0n) is 9.99. The third-order valence-corrected chi connectivity index (χ3v) is 1.67. The Kier molecular flexibility index (Phi) is 10.2. The maximum atomic E-state index is 3.63. The Bertz CT molecular complexity index is 107. The molecule has 0 aliphatic heterocycles. The minimum absolute atomic E-state index is 0. The van der Waals surface area contributed by atoms with Crippen LogP contribution < -0.4 is 0 Å². The summed E-state index contributed by atoms with van der Waals surface area (Å²) in [7, 11) is 0. The molecule has 0 aromatic heterocycles. The van der Waals surface area contributed by atoms with E-state index in [9.17, 15) is 0 Å². The van der Waals surface area contributed by atoms with Crippen LogP contribution in [-0.4, -0.2) is 0 Å². The van der Waals surface area contributed by atoms with Gasteiger partial charge in [-0.05, 0) is 10.8 Å². The first kappa shape index (κ1) is 18.5. The van der Waals surface area contributed by atoms with E-state index in [0.29, 0.717) is 10.8 Å². The van der Waals surface area contributed by atoms with E-state index in [1.54, 1.807) is 0 Å². The third-order valence-electron chi connectivity index (χ3n) is 1.67. The van der Waals surface area contributed by atoms with Crippen molar-refractivity contribution in [1.29, 1.82) is 0 Å². The molecule has 0 spiro atoms. The van der Waals surface area contributed by atoms with Crippen molar-refractivity contribution in [3.63, 3.8) is 0 Å². The minimum Gasteiger partial charge on any atom is -0.103 e. The molecule has 0 rings (SSSR count). The van der Waals surface area contributed by atoms with Crippen molar-refractivity contribution >= 4 is 0 Å². The minimum atomic E-state index is 0. The molecular formula is C13H30. The average Bonchev–Trinajstić information content (AvgIpc) is 1.86. The molecule has 0 aromatic carbocycles. The largest absolute Gasteiger partial charge is 0.103 e. The second kappa shape index (κ2) is 7.17.